The van der Waals surface area contributed by atoms with E-state index in [1.165, 1.54) is 10.8 Å². The van der Waals surface area contributed by atoms with Gasteiger partial charge < -0.3 is 5.32 Å². The van der Waals surface area contributed by atoms with Gasteiger partial charge in [-0.3, -0.25) is 9.48 Å². The Morgan fingerprint density at radius 1 is 1.21 bits per heavy atom. The summed E-state index contributed by atoms with van der Waals surface area (Å²) in [6.07, 6.45) is 1.37. The maximum atomic E-state index is 12.9. The van der Waals surface area contributed by atoms with E-state index in [0.29, 0.717) is 34.4 Å². The fourth-order valence-corrected chi connectivity index (χ4v) is 3.29. The Morgan fingerprint density at radius 3 is 2.79 bits per heavy atom. The van der Waals surface area contributed by atoms with E-state index in [1.54, 1.807) is 6.07 Å². The number of nitrogens with zero attached hydrogens (tertiary/aromatic N) is 6. The van der Waals surface area contributed by atoms with Crippen molar-refractivity contribution in [3.05, 3.63) is 70.0 Å². The van der Waals surface area contributed by atoms with Crippen LogP contribution >= 0.6 is 11.6 Å². The van der Waals surface area contributed by atoms with Gasteiger partial charge in [0, 0.05) is 10.7 Å². The second kappa shape index (κ2) is 7.05. The predicted octanol–water partition coefficient (Wildman–Crippen LogP) is 3.20. The minimum Gasteiger partial charge on any atom is -0.317 e. The van der Waals surface area contributed by atoms with Crippen LogP contribution < -0.4 is 5.32 Å². The molecule has 0 unspecified atom stereocenters. The van der Waals surface area contributed by atoms with Gasteiger partial charge in [0.25, 0.3) is 11.7 Å². The average Bonchev–Trinajstić information content (AvgIpc) is 3.23. The standard InChI is InChI=1S/C19H18ClN7O/c1-11-8-16(27-19(23-11)21-10-22-27)18(28)24-17-12(2)25-26(13(17)3)9-14-6-4-5-7-15(14)20/h4-8,10H,9H2,1-3H3,(H,24,28). The Morgan fingerprint density at radius 2 is 2.00 bits per heavy atom. The summed E-state index contributed by atoms with van der Waals surface area (Å²) in [6, 6.07) is 9.31. The quantitative estimate of drug-likeness (QED) is 0.573. The fourth-order valence-electron chi connectivity index (χ4n) is 3.09. The van der Waals surface area contributed by atoms with Crippen LogP contribution in [0, 0.1) is 20.8 Å². The SMILES string of the molecule is Cc1cc(C(=O)Nc2c(C)nn(Cc3ccccc3Cl)c2C)n2ncnc2n1. The van der Waals surface area contributed by atoms with Crippen molar-refractivity contribution in [3.8, 4) is 0 Å². The first-order chi connectivity index (χ1) is 13.4. The first-order valence-corrected chi connectivity index (χ1v) is 9.08. The lowest BCUT2D eigenvalue weighted by Crippen LogP contribution is -2.18. The molecule has 4 rings (SSSR count). The molecule has 0 radical (unpaired) electrons. The number of amides is 1. The van der Waals surface area contributed by atoms with Gasteiger partial charge in [-0.1, -0.05) is 29.8 Å². The third-order valence-electron chi connectivity index (χ3n) is 4.51. The molecule has 4 aromatic rings. The fraction of sp³-hybridized carbons (Fsp3) is 0.211. The van der Waals surface area contributed by atoms with E-state index in [-0.39, 0.29) is 5.91 Å². The molecule has 8 nitrogen and oxygen atoms in total. The Bertz CT molecular complexity index is 1190. The van der Waals surface area contributed by atoms with E-state index in [1.807, 2.05) is 49.7 Å². The van der Waals surface area contributed by atoms with Crippen LogP contribution in [0.25, 0.3) is 5.78 Å². The van der Waals surface area contributed by atoms with Gasteiger partial charge in [0.1, 0.15) is 12.0 Å². The highest BCUT2D eigenvalue weighted by Gasteiger charge is 2.19. The highest BCUT2D eigenvalue weighted by molar-refractivity contribution is 6.31. The van der Waals surface area contributed by atoms with Gasteiger partial charge in [-0.15, -0.1) is 0 Å². The number of rotatable bonds is 4. The van der Waals surface area contributed by atoms with Crippen LogP contribution in [0.4, 0.5) is 5.69 Å². The Labute approximate surface area is 166 Å². The smallest absolute Gasteiger partial charge is 0.274 e. The molecule has 1 amide bonds. The van der Waals surface area contributed by atoms with E-state index in [4.69, 9.17) is 11.6 Å². The number of anilines is 1. The number of aryl methyl sites for hydroxylation is 2. The molecule has 0 atom stereocenters. The zero-order chi connectivity index (χ0) is 19.8. The van der Waals surface area contributed by atoms with E-state index >= 15 is 0 Å². The molecule has 0 spiro atoms. The number of hydrogen-bond acceptors (Lipinski definition) is 5. The molecule has 0 saturated heterocycles. The Balaban J connectivity index is 1.65. The first-order valence-electron chi connectivity index (χ1n) is 8.70. The van der Waals surface area contributed by atoms with Gasteiger partial charge in [0.05, 0.1) is 23.6 Å². The van der Waals surface area contributed by atoms with Gasteiger partial charge in [-0.2, -0.15) is 19.7 Å². The lowest BCUT2D eigenvalue weighted by atomic mass is 10.2. The molecule has 1 aromatic carbocycles. The van der Waals surface area contributed by atoms with Crippen molar-refractivity contribution < 1.29 is 4.79 Å². The molecular weight excluding hydrogens is 378 g/mol. The minimum absolute atomic E-state index is 0.301. The van der Waals surface area contributed by atoms with Crippen molar-refractivity contribution in [2.24, 2.45) is 0 Å². The van der Waals surface area contributed by atoms with Crippen LogP contribution in [0.1, 0.15) is 33.1 Å². The van der Waals surface area contributed by atoms with Crippen molar-refractivity contribution in [3.63, 3.8) is 0 Å². The second-order valence-electron chi connectivity index (χ2n) is 6.50. The molecule has 1 N–H and O–H groups in total. The van der Waals surface area contributed by atoms with Crippen LogP contribution in [0.15, 0.2) is 36.7 Å². The summed E-state index contributed by atoms with van der Waals surface area (Å²) in [6.45, 7) is 6.09. The van der Waals surface area contributed by atoms with Crippen molar-refractivity contribution in [2.75, 3.05) is 5.32 Å². The largest absolute Gasteiger partial charge is 0.317 e. The minimum atomic E-state index is -0.301. The Hall–Kier alpha value is -3.26. The molecule has 3 heterocycles. The van der Waals surface area contributed by atoms with Gasteiger partial charge in [0.15, 0.2) is 0 Å². The predicted molar refractivity (Wildman–Crippen MR) is 106 cm³/mol. The summed E-state index contributed by atoms with van der Waals surface area (Å²) in [7, 11) is 0. The van der Waals surface area contributed by atoms with Crippen LogP contribution in [-0.4, -0.2) is 35.3 Å². The number of nitrogens with one attached hydrogen (secondary N) is 1. The van der Waals surface area contributed by atoms with Crippen molar-refractivity contribution >= 4 is 29.0 Å². The number of carbonyl (C=O) groups excluding carboxylic acids is 1. The topological polar surface area (TPSA) is 90.0 Å². The molecule has 9 heteroatoms. The number of fused-ring (bicyclic) bond motifs is 1. The van der Waals surface area contributed by atoms with Gasteiger partial charge in [-0.25, -0.2) is 4.98 Å². The summed E-state index contributed by atoms with van der Waals surface area (Å²) < 4.78 is 3.25. The molecule has 0 bridgehead atoms. The summed E-state index contributed by atoms with van der Waals surface area (Å²) in [5.74, 6) is 0.0810. The highest BCUT2D eigenvalue weighted by atomic mass is 35.5. The third-order valence-corrected chi connectivity index (χ3v) is 4.88. The van der Waals surface area contributed by atoms with E-state index < -0.39 is 0 Å². The third kappa shape index (κ3) is 3.22. The second-order valence-corrected chi connectivity index (χ2v) is 6.91. The van der Waals surface area contributed by atoms with Crippen LogP contribution in [-0.2, 0) is 6.54 Å². The zero-order valence-corrected chi connectivity index (χ0v) is 16.4. The van der Waals surface area contributed by atoms with E-state index in [2.05, 4.69) is 25.5 Å². The molecule has 0 aliphatic rings. The van der Waals surface area contributed by atoms with Crippen molar-refractivity contribution in [2.45, 2.75) is 27.3 Å². The summed E-state index contributed by atoms with van der Waals surface area (Å²) in [5, 5.41) is 12.3. The van der Waals surface area contributed by atoms with Crippen molar-refractivity contribution in [1.82, 2.24) is 29.4 Å². The van der Waals surface area contributed by atoms with Crippen LogP contribution in [0.5, 0.6) is 0 Å². The zero-order valence-electron chi connectivity index (χ0n) is 15.6. The molecule has 28 heavy (non-hydrogen) atoms. The van der Waals surface area contributed by atoms with Crippen LogP contribution in [0.3, 0.4) is 0 Å². The summed E-state index contributed by atoms with van der Waals surface area (Å²) in [5.41, 5.74) is 4.23. The highest BCUT2D eigenvalue weighted by Crippen LogP contribution is 2.23. The van der Waals surface area contributed by atoms with E-state index in [9.17, 15) is 4.79 Å². The number of benzene rings is 1. The number of carbonyl (C=O) groups is 1. The average molecular weight is 396 g/mol. The van der Waals surface area contributed by atoms with Crippen LogP contribution in [0.2, 0.25) is 5.02 Å². The maximum absolute atomic E-state index is 12.9. The van der Waals surface area contributed by atoms with Gasteiger partial charge in [-0.05, 0) is 38.5 Å². The monoisotopic (exact) mass is 395 g/mol. The normalized spacial score (nSPS) is 11.1. The molecule has 3 aromatic heterocycles. The lowest BCUT2D eigenvalue weighted by Gasteiger charge is -2.09. The number of aromatic nitrogens is 6. The molecule has 0 saturated carbocycles. The molecule has 0 aliphatic heterocycles. The number of hydrogen-bond donors (Lipinski definition) is 1. The molecule has 0 aliphatic carbocycles. The molecule has 0 fully saturated rings. The van der Waals surface area contributed by atoms with E-state index in [0.717, 1.165) is 17.0 Å². The Kier molecular flexibility index (Phi) is 4.56. The van der Waals surface area contributed by atoms with Crippen molar-refractivity contribution in [1.29, 1.82) is 0 Å². The first kappa shape index (κ1) is 18.1. The number of halogens is 1. The van der Waals surface area contributed by atoms with Gasteiger partial charge in [0.2, 0.25) is 0 Å². The van der Waals surface area contributed by atoms with Gasteiger partial charge >= 0.3 is 0 Å². The molecule has 142 valence electrons. The summed E-state index contributed by atoms with van der Waals surface area (Å²) >= 11 is 6.26. The lowest BCUT2D eigenvalue weighted by molar-refractivity contribution is 0.101. The molecular formula is C19H18ClN7O. The maximum Gasteiger partial charge on any atom is 0.274 e. The summed E-state index contributed by atoms with van der Waals surface area (Å²) in [4.78, 5) is 21.2.